The molecule has 1 aromatic rings. The molecule has 1 aromatic carbocycles. The van der Waals surface area contributed by atoms with E-state index in [1.54, 1.807) is 0 Å². The molecule has 0 bridgehead atoms. The molecule has 1 saturated carbocycles. The van der Waals surface area contributed by atoms with Gasteiger partial charge in [-0.05, 0) is 49.9 Å². The van der Waals surface area contributed by atoms with Gasteiger partial charge >= 0.3 is 0 Å². The van der Waals surface area contributed by atoms with Gasteiger partial charge in [-0.2, -0.15) is 0 Å². The Morgan fingerprint density at radius 2 is 1.88 bits per heavy atom. The molecule has 4 heteroatoms. The van der Waals surface area contributed by atoms with Gasteiger partial charge in [0.15, 0.2) is 11.6 Å². The van der Waals surface area contributed by atoms with Crippen molar-refractivity contribution in [1.29, 1.82) is 0 Å². The highest BCUT2D eigenvalue weighted by atomic mass is 19.2. The molecule has 0 spiro atoms. The van der Waals surface area contributed by atoms with E-state index in [1.165, 1.54) is 19.9 Å². The molecular weight excluding hydrogens is 229 g/mol. The van der Waals surface area contributed by atoms with E-state index in [0.717, 1.165) is 6.07 Å². The molecule has 1 nitrogen and oxygen atoms in total. The first-order valence-electron chi connectivity index (χ1n) is 5.61. The van der Waals surface area contributed by atoms with Crippen molar-refractivity contribution in [3.05, 3.63) is 34.9 Å². The Kier molecular flexibility index (Phi) is 2.73. The molecule has 1 aliphatic carbocycles. The zero-order chi connectivity index (χ0) is 12.8. The Labute approximate surface area is 98.3 Å². The van der Waals surface area contributed by atoms with Crippen LogP contribution in [-0.4, -0.2) is 10.7 Å². The molecule has 0 heterocycles. The first-order chi connectivity index (χ1) is 7.71. The standard InChI is InChI=1S/C13H15F3O/c1-12(2,16)9-5-8(7-13(17)3-4-13)11(15)10(14)6-9/h5-6,17H,3-4,7H2,1-2H3. The first kappa shape index (κ1) is 12.4. The van der Waals surface area contributed by atoms with Crippen LogP contribution in [-0.2, 0) is 12.1 Å². The molecule has 0 radical (unpaired) electrons. The van der Waals surface area contributed by atoms with Gasteiger partial charge in [0.25, 0.3) is 0 Å². The van der Waals surface area contributed by atoms with Crippen LogP contribution in [0.15, 0.2) is 12.1 Å². The quantitative estimate of drug-likeness (QED) is 0.865. The van der Waals surface area contributed by atoms with Crippen molar-refractivity contribution >= 4 is 0 Å². The van der Waals surface area contributed by atoms with Gasteiger partial charge in [0, 0.05) is 6.42 Å². The SMILES string of the molecule is CC(C)(F)c1cc(F)c(F)c(CC2(O)CC2)c1. The second kappa shape index (κ2) is 3.73. The van der Waals surface area contributed by atoms with E-state index in [1.807, 2.05) is 0 Å². The van der Waals surface area contributed by atoms with E-state index >= 15 is 0 Å². The number of halogens is 3. The van der Waals surface area contributed by atoms with Crippen molar-refractivity contribution in [2.45, 2.75) is 44.4 Å². The fraction of sp³-hybridized carbons (Fsp3) is 0.538. The number of hydrogen-bond acceptors (Lipinski definition) is 1. The minimum Gasteiger partial charge on any atom is -0.390 e. The van der Waals surface area contributed by atoms with E-state index in [4.69, 9.17) is 0 Å². The van der Waals surface area contributed by atoms with Crippen LogP contribution in [0, 0.1) is 11.6 Å². The third-order valence-corrected chi connectivity index (χ3v) is 3.14. The fourth-order valence-electron chi connectivity index (χ4n) is 1.79. The summed E-state index contributed by atoms with van der Waals surface area (Å²) in [5, 5.41) is 9.71. The average Bonchev–Trinajstić information content (AvgIpc) is 2.89. The predicted molar refractivity (Wildman–Crippen MR) is 58.4 cm³/mol. The summed E-state index contributed by atoms with van der Waals surface area (Å²) in [5.74, 6) is -2.05. The molecular formula is C13H15F3O. The van der Waals surface area contributed by atoms with E-state index in [2.05, 4.69) is 0 Å². The van der Waals surface area contributed by atoms with Gasteiger partial charge in [0.1, 0.15) is 5.67 Å². The molecule has 17 heavy (non-hydrogen) atoms. The molecule has 1 N–H and O–H groups in total. The Morgan fingerprint density at radius 3 is 2.35 bits per heavy atom. The van der Waals surface area contributed by atoms with Crippen LogP contribution < -0.4 is 0 Å². The van der Waals surface area contributed by atoms with E-state index in [0.29, 0.717) is 12.8 Å². The highest BCUT2D eigenvalue weighted by Crippen LogP contribution is 2.39. The van der Waals surface area contributed by atoms with Crippen LogP contribution in [0.5, 0.6) is 0 Å². The number of hydrogen-bond donors (Lipinski definition) is 1. The van der Waals surface area contributed by atoms with Crippen LogP contribution in [0.25, 0.3) is 0 Å². The summed E-state index contributed by atoms with van der Waals surface area (Å²) >= 11 is 0. The summed E-state index contributed by atoms with van der Waals surface area (Å²) in [7, 11) is 0. The highest BCUT2D eigenvalue weighted by molar-refractivity contribution is 5.31. The van der Waals surface area contributed by atoms with E-state index < -0.39 is 22.9 Å². The van der Waals surface area contributed by atoms with Gasteiger partial charge in [-0.1, -0.05) is 0 Å². The van der Waals surface area contributed by atoms with Gasteiger partial charge in [-0.3, -0.25) is 0 Å². The Morgan fingerprint density at radius 1 is 1.29 bits per heavy atom. The molecule has 0 unspecified atom stereocenters. The Hall–Kier alpha value is -1.03. The van der Waals surface area contributed by atoms with Gasteiger partial charge < -0.3 is 5.11 Å². The lowest BCUT2D eigenvalue weighted by atomic mass is 9.95. The van der Waals surface area contributed by atoms with Crippen molar-refractivity contribution < 1.29 is 18.3 Å². The molecule has 0 aromatic heterocycles. The first-order valence-corrected chi connectivity index (χ1v) is 5.61. The van der Waals surface area contributed by atoms with Gasteiger partial charge in [-0.25, -0.2) is 13.2 Å². The molecule has 0 amide bonds. The summed E-state index contributed by atoms with van der Waals surface area (Å²) in [6, 6.07) is 2.17. The summed E-state index contributed by atoms with van der Waals surface area (Å²) in [6.45, 7) is 2.57. The number of benzene rings is 1. The largest absolute Gasteiger partial charge is 0.390 e. The van der Waals surface area contributed by atoms with Gasteiger partial charge in [-0.15, -0.1) is 0 Å². The van der Waals surface area contributed by atoms with E-state index in [-0.39, 0.29) is 17.5 Å². The van der Waals surface area contributed by atoms with Crippen molar-refractivity contribution in [2.24, 2.45) is 0 Å². The molecule has 2 rings (SSSR count). The average molecular weight is 244 g/mol. The monoisotopic (exact) mass is 244 g/mol. The van der Waals surface area contributed by atoms with Crippen molar-refractivity contribution in [3.8, 4) is 0 Å². The lowest BCUT2D eigenvalue weighted by Gasteiger charge is -2.17. The summed E-state index contributed by atoms with van der Waals surface area (Å²) in [5.41, 5.74) is -2.51. The predicted octanol–water partition coefficient (Wildman–Crippen LogP) is 3.24. The second-order valence-corrected chi connectivity index (χ2v) is 5.30. The molecule has 0 saturated heterocycles. The molecule has 94 valence electrons. The van der Waals surface area contributed by atoms with Crippen LogP contribution in [0.1, 0.15) is 37.8 Å². The topological polar surface area (TPSA) is 20.2 Å². The third kappa shape index (κ3) is 2.63. The van der Waals surface area contributed by atoms with Crippen molar-refractivity contribution in [2.75, 3.05) is 0 Å². The van der Waals surface area contributed by atoms with Crippen LogP contribution in [0.3, 0.4) is 0 Å². The van der Waals surface area contributed by atoms with Crippen molar-refractivity contribution in [1.82, 2.24) is 0 Å². The molecule has 1 fully saturated rings. The van der Waals surface area contributed by atoms with Gasteiger partial charge in [0.2, 0.25) is 0 Å². The smallest absolute Gasteiger partial charge is 0.162 e. The maximum absolute atomic E-state index is 13.7. The third-order valence-electron chi connectivity index (χ3n) is 3.14. The lowest BCUT2D eigenvalue weighted by molar-refractivity contribution is 0.149. The van der Waals surface area contributed by atoms with Crippen LogP contribution >= 0.6 is 0 Å². The van der Waals surface area contributed by atoms with Crippen LogP contribution in [0.4, 0.5) is 13.2 Å². The number of rotatable bonds is 3. The number of alkyl halides is 1. The Bertz CT molecular complexity index is 445. The zero-order valence-corrected chi connectivity index (χ0v) is 9.86. The Balaban J connectivity index is 2.39. The maximum Gasteiger partial charge on any atom is 0.162 e. The minimum absolute atomic E-state index is 0.0413. The van der Waals surface area contributed by atoms with Crippen LogP contribution in [0.2, 0.25) is 0 Å². The fourth-order valence-corrected chi connectivity index (χ4v) is 1.79. The second-order valence-electron chi connectivity index (χ2n) is 5.30. The summed E-state index contributed by atoms with van der Waals surface area (Å²) in [6.07, 6.45) is 1.20. The molecule has 1 aliphatic rings. The zero-order valence-electron chi connectivity index (χ0n) is 9.86. The number of aliphatic hydroxyl groups is 1. The van der Waals surface area contributed by atoms with E-state index in [9.17, 15) is 18.3 Å². The molecule has 0 aliphatic heterocycles. The molecule has 0 atom stereocenters. The maximum atomic E-state index is 13.7. The minimum atomic E-state index is -1.73. The normalized spacial score (nSPS) is 18.2. The van der Waals surface area contributed by atoms with Gasteiger partial charge in [0.05, 0.1) is 5.60 Å². The van der Waals surface area contributed by atoms with Crippen molar-refractivity contribution in [3.63, 3.8) is 0 Å². The highest BCUT2D eigenvalue weighted by Gasteiger charge is 2.41. The summed E-state index contributed by atoms with van der Waals surface area (Å²) < 4.78 is 40.6. The lowest BCUT2D eigenvalue weighted by Crippen LogP contribution is -2.16. The summed E-state index contributed by atoms with van der Waals surface area (Å²) in [4.78, 5) is 0.